The first-order valence-corrected chi connectivity index (χ1v) is 8.79. The van der Waals surface area contributed by atoms with Crippen LogP contribution in [0.1, 0.15) is 16.7 Å². The molecule has 0 heterocycles. The molecule has 2 aromatic carbocycles. The van der Waals surface area contributed by atoms with Crippen LogP contribution >= 0.6 is 0 Å². The summed E-state index contributed by atoms with van der Waals surface area (Å²) < 4.78 is 5.09. The van der Waals surface area contributed by atoms with Gasteiger partial charge in [0.2, 0.25) is 0 Å². The van der Waals surface area contributed by atoms with Gasteiger partial charge in [-0.2, -0.15) is 0 Å². The zero-order valence-electron chi connectivity index (χ0n) is 16.3. The van der Waals surface area contributed by atoms with Gasteiger partial charge in [-0.1, -0.05) is 30.4 Å². The molecule has 2 rings (SSSR count). The lowest BCUT2D eigenvalue weighted by molar-refractivity contribution is -0.110. The summed E-state index contributed by atoms with van der Waals surface area (Å²) in [5.41, 5.74) is 2.46. The number of carbonyl (C=O) groups is 1. The van der Waals surface area contributed by atoms with Crippen molar-refractivity contribution in [1.82, 2.24) is 4.90 Å². The van der Waals surface area contributed by atoms with Crippen LogP contribution in [0.15, 0.2) is 66.5 Å². The van der Waals surface area contributed by atoms with Gasteiger partial charge in [0.25, 0.3) is 0 Å². The van der Waals surface area contributed by atoms with Crippen LogP contribution in [0.3, 0.4) is 0 Å². The first-order chi connectivity index (χ1) is 13.4. The van der Waals surface area contributed by atoms with Crippen molar-refractivity contribution in [1.29, 1.82) is 0 Å². The maximum Gasteiger partial charge on any atom is 0.182 e. The van der Waals surface area contributed by atoms with Crippen LogP contribution < -0.4 is 4.74 Å². The quantitative estimate of drug-likeness (QED) is 0.409. The van der Waals surface area contributed by atoms with E-state index in [9.17, 15) is 15.0 Å². The van der Waals surface area contributed by atoms with Crippen molar-refractivity contribution in [3.8, 4) is 11.5 Å². The SMILES string of the molecule is COc1ccc(/C=C/C(=O)C=C(O)/C=C/c2ccc(O)c(CN(C)C)c2)cc1. The summed E-state index contributed by atoms with van der Waals surface area (Å²) in [6, 6.07) is 12.5. The fourth-order valence-electron chi connectivity index (χ4n) is 2.49. The Labute approximate surface area is 165 Å². The van der Waals surface area contributed by atoms with Gasteiger partial charge in [0.05, 0.1) is 7.11 Å². The Morgan fingerprint density at radius 1 is 1.04 bits per heavy atom. The molecule has 0 aliphatic rings. The number of phenolic OH excluding ortho intramolecular Hbond substituents is 1. The minimum absolute atomic E-state index is 0.147. The molecule has 0 aliphatic carbocycles. The van der Waals surface area contributed by atoms with E-state index in [2.05, 4.69) is 0 Å². The smallest absolute Gasteiger partial charge is 0.182 e. The number of carbonyl (C=O) groups excluding carboxylic acids is 1. The highest BCUT2D eigenvalue weighted by atomic mass is 16.5. The summed E-state index contributed by atoms with van der Waals surface area (Å²) in [6.45, 7) is 0.601. The molecule has 0 radical (unpaired) electrons. The largest absolute Gasteiger partial charge is 0.508 e. The molecule has 0 aromatic heterocycles. The van der Waals surface area contributed by atoms with E-state index in [-0.39, 0.29) is 17.3 Å². The van der Waals surface area contributed by atoms with Gasteiger partial charge in [0.15, 0.2) is 5.78 Å². The predicted octanol–water partition coefficient (Wildman–Crippen LogP) is 4.20. The monoisotopic (exact) mass is 379 g/mol. The molecule has 0 amide bonds. The van der Waals surface area contributed by atoms with E-state index in [1.807, 2.05) is 49.3 Å². The Morgan fingerprint density at radius 3 is 2.32 bits per heavy atom. The van der Waals surface area contributed by atoms with Crippen molar-refractivity contribution in [3.63, 3.8) is 0 Å². The van der Waals surface area contributed by atoms with Crippen LogP contribution in [0.2, 0.25) is 0 Å². The number of ketones is 1. The summed E-state index contributed by atoms with van der Waals surface area (Å²) in [6.07, 6.45) is 7.35. The summed E-state index contributed by atoms with van der Waals surface area (Å²) >= 11 is 0. The van der Waals surface area contributed by atoms with E-state index in [4.69, 9.17) is 4.74 Å². The second kappa shape index (κ2) is 10.1. The average molecular weight is 379 g/mol. The number of aromatic hydroxyl groups is 1. The minimum atomic E-state index is -0.322. The van der Waals surface area contributed by atoms with E-state index in [1.54, 1.807) is 31.4 Å². The number of methoxy groups -OCH3 is 1. The summed E-state index contributed by atoms with van der Waals surface area (Å²) in [5.74, 6) is 0.502. The number of rotatable bonds is 8. The first-order valence-electron chi connectivity index (χ1n) is 8.79. The zero-order valence-corrected chi connectivity index (χ0v) is 16.3. The Kier molecular flexibility index (Phi) is 7.60. The first kappa shape index (κ1) is 21.0. The van der Waals surface area contributed by atoms with Crippen LogP contribution in [-0.2, 0) is 11.3 Å². The van der Waals surface area contributed by atoms with Crippen LogP contribution in [0, 0.1) is 0 Å². The van der Waals surface area contributed by atoms with E-state index >= 15 is 0 Å². The molecule has 0 unspecified atom stereocenters. The number of aliphatic hydroxyl groups excluding tert-OH is 1. The molecule has 0 saturated carbocycles. The molecular formula is C23H25NO4. The van der Waals surface area contributed by atoms with Gasteiger partial charge in [-0.25, -0.2) is 0 Å². The molecule has 0 atom stereocenters. The zero-order chi connectivity index (χ0) is 20.5. The molecule has 5 heteroatoms. The van der Waals surface area contributed by atoms with E-state index in [0.717, 1.165) is 28.5 Å². The van der Waals surface area contributed by atoms with Gasteiger partial charge in [-0.05, 0) is 61.6 Å². The van der Waals surface area contributed by atoms with Gasteiger partial charge < -0.3 is 19.8 Å². The van der Waals surface area contributed by atoms with Gasteiger partial charge in [0.1, 0.15) is 17.3 Å². The maximum atomic E-state index is 12.0. The van der Waals surface area contributed by atoms with Crippen LogP contribution in [0.5, 0.6) is 11.5 Å². The molecule has 28 heavy (non-hydrogen) atoms. The van der Waals surface area contributed by atoms with Gasteiger partial charge >= 0.3 is 0 Å². The number of ether oxygens (including phenoxy) is 1. The van der Waals surface area contributed by atoms with Crippen molar-refractivity contribution < 1.29 is 19.7 Å². The van der Waals surface area contributed by atoms with Crippen molar-refractivity contribution in [2.75, 3.05) is 21.2 Å². The Bertz CT molecular complexity index is 893. The normalized spacial score (nSPS) is 12.2. The third-order valence-electron chi connectivity index (χ3n) is 3.88. The molecule has 0 bridgehead atoms. The Morgan fingerprint density at radius 2 is 1.68 bits per heavy atom. The molecule has 0 fully saturated rings. The molecule has 0 saturated heterocycles. The molecule has 0 spiro atoms. The number of benzene rings is 2. The van der Waals surface area contributed by atoms with E-state index in [0.29, 0.717) is 6.54 Å². The van der Waals surface area contributed by atoms with Gasteiger partial charge in [0, 0.05) is 18.2 Å². The lowest BCUT2D eigenvalue weighted by Gasteiger charge is -2.11. The van der Waals surface area contributed by atoms with Crippen molar-refractivity contribution in [2.24, 2.45) is 0 Å². The van der Waals surface area contributed by atoms with Crippen molar-refractivity contribution in [3.05, 3.63) is 83.1 Å². The van der Waals surface area contributed by atoms with Crippen molar-refractivity contribution >= 4 is 17.9 Å². The van der Waals surface area contributed by atoms with Crippen LogP contribution in [0.4, 0.5) is 0 Å². The number of nitrogens with zero attached hydrogens (tertiary/aromatic N) is 1. The molecule has 146 valence electrons. The second-order valence-electron chi connectivity index (χ2n) is 6.54. The third-order valence-corrected chi connectivity index (χ3v) is 3.88. The predicted molar refractivity (Wildman–Crippen MR) is 112 cm³/mol. The standard InChI is InChI=1S/C23H25NO4/c1-24(2)16-19-14-18(8-13-23(19)27)5-10-21(26)15-20(25)9-4-17-6-11-22(28-3)12-7-17/h4-15,26-27H,16H2,1-3H3/b9-4+,10-5+,21-15?. The van der Waals surface area contributed by atoms with E-state index in [1.165, 1.54) is 12.2 Å². The summed E-state index contributed by atoms with van der Waals surface area (Å²) in [4.78, 5) is 13.9. The molecule has 2 aromatic rings. The Balaban J connectivity index is 2.02. The van der Waals surface area contributed by atoms with Gasteiger partial charge in [-0.15, -0.1) is 0 Å². The summed E-state index contributed by atoms with van der Waals surface area (Å²) in [7, 11) is 5.43. The maximum absolute atomic E-state index is 12.0. The highest BCUT2D eigenvalue weighted by Crippen LogP contribution is 2.20. The second-order valence-corrected chi connectivity index (χ2v) is 6.54. The highest BCUT2D eigenvalue weighted by Gasteiger charge is 2.03. The van der Waals surface area contributed by atoms with Crippen molar-refractivity contribution in [2.45, 2.75) is 6.54 Å². The van der Waals surface area contributed by atoms with Crippen LogP contribution in [-0.4, -0.2) is 42.1 Å². The average Bonchev–Trinajstić information content (AvgIpc) is 2.67. The molecule has 0 aliphatic heterocycles. The summed E-state index contributed by atoms with van der Waals surface area (Å²) in [5, 5.41) is 19.9. The third kappa shape index (κ3) is 6.78. The number of allylic oxidation sites excluding steroid dienone is 3. The minimum Gasteiger partial charge on any atom is -0.508 e. The van der Waals surface area contributed by atoms with Gasteiger partial charge in [-0.3, -0.25) is 4.79 Å². The number of phenols is 1. The number of aliphatic hydroxyl groups is 1. The number of hydrogen-bond donors (Lipinski definition) is 2. The van der Waals surface area contributed by atoms with Crippen LogP contribution in [0.25, 0.3) is 12.2 Å². The Hall–Kier alpha value is -3.31. The topological polar surface area (TPSA) is 70.0 Å². The lowest BCUT2D eigenvalue weighted by Crippen LogP contribution is -2.10. The molecule has 2 N–H and O–H groups in total. The lowest BCUT2D eigenvalue weighted by atomic mass is 10.1. The highest BCUT2D eigenvalue weighted by molar-refractivity contribution is 6.02. The van der Waals surface area contributed by atoms with E-state index < -0.39 is 0 Å². The fourth-order valence-corrected chi connectivity index (χ4v) is 2.49. The number of hydrogen-bond acceptors (Lipinski definition) is 5. The molecule has 5 nitrogen and oxygen atoms in total. The fraction of sp³-hybridized carbons (Fsp3) is 0.174. The molecular weight excluding hydrogens is 354 g/mol.